The van der Waals surface area contributed by atoms with Gasteiger partial charge in [0.1, 0.15) is 4.88 Å². The molecule has 1 aliphatic heterocycles. The highest BCUT2D eigenvalue weighted by Crippen LogP contribution is 2.34. The number of nitrogens with one attached hydrogen (secondary N) is 2. The highest BCUT2D eigenvalue weighted by molar-refractivity contribution is 7.14. The van der Waals surface area contributed by atoms with Crippen molar-refractivity contribution in [2.45, 2.75) is 31.5 Å². The number of rotatable bonds is 3. The second-order valence-electron chi connectivity index (χ2n) is 4.53. The molecule has 0 saturated carbocycles. The van der Waals surface area contributed by atoms with Crippen molar-refractivity contribution >= 4 is 23.2 Å². The van der Waals surface area contributed by atoms with Gasteiger partial charge in [0.25, 0.3) is 5.91 Å². The molecule has 110 valence electrons. The maximum absolute atomic E-state index is 12.4. The average Bonchev–Trinajstić information content (AvgIpc) is 2.85. The van der Waals surface area contributed by atoms with Gasteiger partial charge in [0, 0.05) is 19.0 Å². The van der Waals surface area contributed by atoms with Crippen LogP contribution in [0.1, 0.15) is 33.8 Å². The van der Waals surface area contributed by atoms with Crippen LogP contribution in [0.2, 0.25) is 0 Å². The van der Waals surface area contributed by atoms with Crippen LogP contribution in [-0.2, 0) is 11.0 Å². The molecular formula is C12H13F3N2O2S. The summed E-state index contributed by atoms with van der Waals surface area (Å²) in [6, 6.07) is 1.90. The van der Waals surface area contributed by atoms with Gasteiger partial charge in [-0.15, -0.1) is 11.3 Å². The van der Waals surface area contributed by atoms with E-state index in [1.807, 2.05) is 0 Å². The van der Waals surface area contributed by atoms with Gasteiger partial charge in [-0.25, -0.2) is 0 Å². The normalized spacial score (nSPS) is 19.6. The number of carbonyl (C=O) groups is 2. The molecule has 1 saturated heterocycles. The fourth-order valence-electron chi connectivity index (χ4n) is 1.95. The Morgan fingerprint density at radius 2 is 2.20 bits per heavy atom. The molecule has 2 heterocycles. The summed E-state index contributed by atoms with van der Waals surface area (Å²) >= 11 is 0.411. The van der Waals surface area contributed by atoms with E-state index in [0.29, 0.717) is 17.8 Å². The Bertz CT molecular complexity index is 513. The predicted octanol–water partition coefficient (Wildman–Crippen LogP) is 2.17. The quantitative estimate of drug-likeness (QED) is 0.899. The summed E-state index contributed by atoms with van der Waals surface area (Å²) in [4.78, 5) is 22.1. The molecule has 2 rings (SSSR count). The number of thiophene rings is 1. The highest BCUT2D eigenvalue weighted by atomic mass is 32.1. The zero-order valence-electron chi connectivity index (χ0n) is 10.4. The summed E-state index contributed by atoms with van der Waals surface area (Å²) < 4.78 is 37.2. The summed E-state index contributed by atoms with van der Waals surface area (Å²) in [7, 11) is 0. The maximum atomic E-state index is 12.4. The van der Waals surface area contributed by atoms with Crippen LogP contribution in [0.4, 0.5) is 13.2 Å². The van der Waals surface area contributed by atoms with Gasteiger partial charge in [0.2, 0.25) is 5.91 Å². The smallest absolute Gasteiger partial charge is 0.352 e. The molecule has 8 heteroatoms. The SMILES string of the molecule is O=C1CCC[C@H](CNC(=O)c2ccc(C(F)(F)F)s2)N1. The molecule has 20 heavy (non-hydrogen) atoms. The van der Waals surface area contributed by atoms with E-state index in [2.05, 4.69) is 10.6 Å². The zero-order chi connectivity index (χ0) is 14.8. The first kappa shape index (κ1) is 14.8. The van der Waals surface area contributed by atoms with Crippen LogP contribution in [-0.4, -0.2) is 24.4 Å². The molecule has 0 bridgehead atoms. The Hall–Kier alpha value is -1.57. The topological polar surface area (TPSA) is 58.2 Å². The Labute approximate surface area is 117 Å². The Morgan fingerprint density at radius 3 is 2.80 bits per heavy atom. The van der Waals surface area contributed by atoms with E-state index in [-0.39, 0.29) is 23.4 Å². The van der Waals surface area contributed by atoms with Crippen molar-refractivity contribution in [3.05, 3.63) is 21.9 Å². The predicted molar refractivity (Wildman–Crippen MR) is 67.4 cm³/mol. The summed E-state index contributed by atoms with van der Waals surface area (Å²) in [6.07, 6.45) is -2.45. The van der Waals surface area contributed by atoms with E-state index in [4.69, 9.17) is 0 Å². The summed E-state index contributed by atoms with van der Waals surface area (Å²) in [6.45, 7) is 0.226. The van der Waals surface area contributed by atoms with Gasteiger partial charge in [-0.2, -0.15) is 13.2 Å². The van der Waals surface area contributed by atoms with E-state index in [9.17, 15) is 22.8 Å². The second-order valence-corrected chi connectivity index (χ2v) is 5.61. The molecule has 0 spiro atoms. The fraction of sp³-hybridized carbons (Fsp3) is 0.500. The lowest BCUT2D eigenvalue weighted by Crippen LogP contribution is -2.46. The molecule has 4 nitrogen and oxygen atoms in total. The van der Waals surface area contributed by atoms with Crippen LogP contribution in [0.25, 0.3) is 0 Å². The molecule has 2 N–H and O–H groups in total. The minimum absolute atomic E-state index is 0.0134. The maximum Gasteiger partial charge on any atom is 0.425 e. The number of halogens is 3. The first-order valence-electron chi connectivity index (χ1n) is 6.11. The van der Waals surface area contributed by atoms with Crippen LogP contribution in [0, 0.1) is 0 Å². The number of amides is 2. The molecule has 1 aromatic heterocycles. The molecule has 1 aromatic rings. The zero-order valence-corrected chi connectivity index (χ0v) is 11.2. The van der Waals surface area contributed by atoms with Crippen molar-refractivity contribution in [2.24, 2.45) is 0 Å². The molecule has 1 aliphatic rings. The lowest BCUT2D eigenvalue weighted by molar-refractivity contribution is -0.134. The number of piperidine rings is 1. The lowest BCUT2D eigenvalue weighted by atomic mass is 10.0. The number of alkyl halides is 3. The first-order valence-corrected chi connectivity index (χ1v) is 6.92. The van der Waals surface area contributed by atoms with Gasteiger partial charge < -0.3 is 10.6 Å². The average molecular weight is 306 g/mol. The Balaban J connectivity index is 1.88. The van der Waals surface area contributed by atoms with E-state index in [1.54, 1.807) is 0 Å². The minimum Gasteiger partial charge on any atom is -0.352 e. The van der Waals surface area contributed by atoms with Crippen molar-refractivity contribution in [1.29, 1.82) is 0 Å². The van der Waals surface area contributed by atoms with Crippen molar-refractivity contribution in [1.82, 2.24) is 10.6 Å². The van der Waals surface area contributed by atoms with Gasteiger partial charge in [0.05, 0.1) is 4.88 Å². The van der Waals surface area contributed by atoms with Crippen LogP contribution < -0.4 is 10.6 Å². The van der Waals surface area contributed by atoms with Gasteiger partial charge >= 0.3 is 6.18 Å². The van der Waals surface area contributed by atoms with Gasteiger partial charge in [0.15, 0.2) is 0 Å². The third-order valence-corrected chi connectivity index (χ3v) is 4.07. The summed E-state index contributed by atoms with van der Waals surface area (Å²) in [5, 5.41) is 5.27. The van der Waals surface area contributed by atoms with Gasteiger partial charge in [-0.1, -0.05) is 0 Å². The molecule has 2 amide bonds. The minimum atomic E-state index is -4.43. The van der Waals surface area contributed by atoms with Crippen molar-refractivity contribution in [3.8, 4) is 0 Å². The van der Waals surface area contributed by atoms with E-state index >= 15 is 0 Å². The molecule has 0 unspecified atom stereocenters. The molecular weight excluding hydrogens is 293 g/mol. The fourth-order valence-corrected chi connectivity index (χ4v) is 2.74. The third kappa shape index (κ3) is 3.72. The molecule has 0 aliphatic carbocycles. The summed E-state index contributed by atoms with van der Waals surface area (Å²) in [5.41, 5.74) is 0. The standard InChI is InChI=1S/C12H13F3N2O2S/c13-12(14,15)9-5-4-8(20-9)11(19)16-6-7-2-1-3-10(18)17-7/h4-5,7H,1-3,6H2,(H,16,19)(H,17,18)/t7-/m1/s1. The van der Waals surface area contributed by atoms with Gasteiger partial charge in [-0.05, 0) is 25.0 Å². The van der Waals surface area contributed by atoms with Crippen LogP contribution >= 0.6 is 11.3 Å². The second kappa shape index (κ2) is 5.82. The Kier molecular flexibility index (Phi) is 4.32. The first-order chi connectivity index (χ1) is 9.36. The van der Waals surface area contributed by atoms with Crippen molar-refractivity contribution in [2.75, 3.05) is 6.54 Å². The number of hydrogen-bond acceptors (Lipinski definition) is 3. The monoisotopic (exact) mass is 306 g/mol. The third-order valence-electron chi connectivity index (χ3n) is 2.94. The van der Waals surface area contributed by atoms with Crippen LogP contribution in [0.5, 0.6) is 0 Å². The molecule has 1 fully saturated rings. The van der Waals surface area contributed by atoms with Crippen LogP contribution in [0.3, 0.4) is 0 Å². The molecule has 1 atom stereocenters. The largest absolute Gasteiger partial charge is 0.425 e. The van der Waals surface area contributed by atoms with E-state index in [0.717, 1.165) is 25.0 Å². The molecule has 0 radical (unpaired) electrons. The van der Waals surface area contributed by atoms with E-state index < -0.39 is 17.0 Å². The summed E-state index contributed by atoms with van der Waals surface area (Å²) in [5.74, 6) is -0.615. The number of carbonyl (C=O) groups excluding carboxylic acids is 2. The lowest BCUT2D eigenvalue weighted by Gasteiger charge is -2.23. The molecule has 0 aromatic carbocycles. The van der Waals surface area contributed by atoms with E-state index in [1.165, 1.54) is 0 Å². The Morgan fingerprint density at radius 1 is 1.45 bits per heavy atom. The van der Waals surface area contributed by atoms with Gasteiger partial charge in [-0.3, -0.25) is 9.59 Å². The number of hydrogen-bond donors (Lipinski definition) is 2. The van der Waals surface area contributed by atoms with Crippen molar-refractivity contribution in [3.63, 3.8) is 0 Å². The van der Waals surface area contributed by atoms with Crippen molar-refractivity contribution < 1.29 is 22.8 Å². The highest BCUT2D eigenvalue weighted by Gasteiger charge is 2.33. The van der Waals surface area contributed by atoms with Crippen LogP contribution in [0.15, 0.2) is 12.1 Å².